The molecule has 0 aliphatic heterocycles. The topological polar surface area (TPSA) is 50.3 Å². The molecule has 4 nitrogen and oxygen atoms in total. The van der Waals surface area contributed by atoms with Crippen LogP contribution in [0.25, 0.3) is 0 Å². The van der Waals surface area contributed by atoms with Crippen molar-refractivity contribution in [1.82, 2.24) is 4.98 Å². The predicted octanol–water partition coefficient (Wildman–Crippen LogP) is 1.97. The standard InChI is InChI=1S/C12H20N2O2S/c1-10(2)7-9-14(3)12-11(17(4,15)16)6-5-8-13-12/h5-6,8,10H,7,9H2,1-4H3. The van der Waals surface area contributed by atoms with E-state index in [2.05, 4.69) is 18.8 Å². The van der Waals surface area contributed by atoms with Crippen molar-refractivity contribution in [3.8, 4) is 0 Å². The van der Waals surface area contributed by atoms with Crippen LogP contribution in [-0.2, 0) is 9.84 Å². The summed E-state index contributed by atoms with van der Waals surface area (Å²) in [6.45, 7) is 5.09. The molecule has 5 heteroatoms. The fraction of sp³-hybridized carbons (Fsp3) is 0.583. The Morgan fingerprint density at radius 1 is 1.41 bits per heavy atom. The smallest absolute Gasteiger partial charge is 0.179 e. The average molecular weight is 256 g/mol. The van der Waals surface area contributed by atoms with E-state index in [0.29, 0.717) is 16.6 Å². The summed E-state index contributed by atoms with van der Waals surface area (Å²) in [5.41, 5.74) is 0. The molecule has 0 bridgehead atoms. The molecule has 0 saturated heterocycles. The van der Waals surface area contributed by atoms with Crippen LogP contribution in [0.1, 0.15) is 20.3 Å². The third kappa shape index (κ3) is 4.00. The lowest BCUT2D eigenvalue weighted by atomic mass is 10.1. The van der Waals surface area contributed by atoms with Crippen LogP contribution in [0.4, 0.5) is 5.82 Å². The summed E-state index contributed by atoms with van der Waals surface area (Å²) < 4.78 is 23.3. The zero-order chi connectivity index (χ0) is 13.1. The molecule has 0 aromatic carbocycles. The van der Waals surface area contributed by atoms with Crippen LogP contribution in [0.5, 0.6) is 0 Å². The number of rotatable bonds is 5. The van der Waals surface area contributed by atoms with Crippen LogP contribution in [0.15, 0.2) is 23.2 Å². The highest BCUT2D eigenvalue weighted by Crippen LogP contribution is 2.21. The highest BCUT2D eigenvalue weighted by atomic mass is 32.2. The predicted molar refractivity (Wildman–Crippen MR) is 70.1 cm³/mol. The molecule has 0 radical (unpaired) electrons. The Bertz CT molecular complexity index is 469. The number of nitrogens with zero attached hydrogens (tertiary/aromatic N) is 2. The SMILES string of the molecule is CC(C)CCN(C)c1ncccc1S(C)(=O)=O. The number of hydrogen-bond acceptors (Lipinski definition) is 4. The Hall–Kier alpha value is -1.10. The van der Waals surface area contributed by atoms with Crippen molar-refractivity contribution in [3.63, 3.8) is 0 Å². The van der Waals surface area contributed by atoms with Crippen molar-refractivity contribution in [1.29, 1.82) is 0 Å². The van der Waals surface area contributed by atoms with Gasteiger partial charge in [0.05, 0.1) is 0 Å². The molecular formula is C12H20N2O2S. The first-order chi connectivity index (χ1) is 7.82. The lowest BCUT2D eigenvalue weighted by Crippen LogP contribution is -2.23. The van der Waals surface area contributed by atoms with Gasteiger partial charge in [0.1, 0.15) is 10.7 Å². The van der Waals surface area contributed by atoms with Gasteiger partial charge in [0.2, 0.25) is 0 Å². The van der Waals surface area contributed by atoms with Crippen molar-refractivity contribution >= 4 is 15.7 Å². The van der Waals surface area contributed by atoms with Crippen LogP contribution < -0.4 is 4.90 Å². The van der Waals surface area contributed by atoms with E-state index < -0.39 is 9.84 Å². The minimum Gasteiger partial charge on any atom is -0.359 e. The first kappa shape index (κ1) is 14.0. The number of pyridine rings is 1. The van der Waals surface area contributed by atoms with Gasteiger partial charge in [0, 0.05) is 26.0 Å². The second-order valence-corrected chi connectivity index (χ2v) is 6.69. The Morgan fingerprint density at radius 3 is 2.59 bits per heavy atom. The summed E-state index contributed by atoms with van der Waals surface area (Å²) in [5.74, 6) is 1.12. The quantitative estimate of drug-likeness (QED) is 0.808. The molecule has 0 atom stereocenters. The van der Waals surface area contributed by atoms with Crippen LogP contribution in [0.3, 0.4) is 0 Å². The van der Waals surface area contributed by atoms with Crippen LogP contribution in [0.2, 0.25) is 0 Å². The van der Waals surface area contributed by atoms with Crippen molar-refractivity contribution < 1.29 is 8.42 Å². The lowest BCUT2D eigenvalue weighted by molar-refractivity contribution is 0.580. The van der Waals surface area contributed by atoms with Crippen LogP contribution >= 0.6 is 0 Å². The number of aromatic nitrogens is 1. The van der Waals surface area contributed by atoms with Crippen molar-refractivity contribution in [2.75, 3.05) is 24.7 Å². The molecule has 17 heavy (non-hydrogen) atoms. The van der Waals surface area contributed by atoms with Gasteiger partial charge < -0.3 is 4.90 Å². The molecule has 1 heterocycles. The molecule has 0 fully saturated rings. The summed E-state index contributed by atoms with van der Waals surface area (Å²) in [4.78, 5) is 6.37. The second-order valence-electron chi connectivity index (χ2n) is 4.70. The third-order valence-corrected chi connectivity index (χ3v) is 3.67. The van der Waals surface area contributed by atoms with E-state index in [4.69, 9.17) is 0 Å². The molecule has 0 unspecified atom stereocenters. The van der Waals surface area contributed by atoms with Gasteiger partial charge in [-0.1, -0.05) is 13.8 Å². The van der Waals surface area contributed by atoms with E-state index in [0.717, 1.165) is 13.0 Å². The van der Waals surface area contributed by atoms with Crippen LogP contribution in [-0.4, -0.2) is 33.2 Å². The Kier molecular flexibility index (Phi) is 4.51. The van der Waals surface area contributed by atoms with E-state index in [9.17, 15) is 8.42 Å². The first-order valence-electron chi connectivity index (χ1n) is 5.68. The normalized spacial score (nSPS) is 11.8. The summed E-state index contributed by atoms with van der Waals surface area (Å²) in [5, 5.41) is 0. The summed E-state index contributed by atoms with van der Waals surface area (Å²) in [6, 6.07) is 3.25. The van der Waals surface area contributed by atoms with Crippen molar-refractivity contribution in [3.05, 3.63) is 18.3 Å². The van der Waals surface area contributed by atoms with Gasteiger partial charge in [0.15, 0.2) is 9.84 Å². The van der Waals surface area contributed by atoms with E-state index in [1.165, 1.54) is 6.26 Å². The molecule has 1 rings (SSSR count). The van der Waals surface area contributed by atoms with Gasteiger partial charge in [-0.15, -0.1) is 0 Å². The van der Waals surface area contributed by atoms with E-state index in [1.807, 2.05) is 11.9 Å². The Labute approximate surface area is 104 Å². The number of sulfone groups is 1. The second kappa shape index (κ2) is 5.49. The van der Waals surface area contributed by atoms with Gasteiger partial charge in [-0.05, 0) is 24.5 Å². The monoisotopic (exact) mass is 256 g/mol. The van der Waals surface area contributed by atoms with Crippen molar-refractivity contribution in [2.24, 2.45) is 5.92 Å². The van der Waals surface area contributed by atoms with Crippen molar-refractivity contribution in [2.45, 2.75) is 25.2 Å². The fourth-order valence-corrected chi connectivity index (χ4v) is 2.38. The maximum absolute atomic E-state index is 11.6. The summed E-state index contributed by atoms with van der Waals surface area (Å²) in [6.07, 6.45) is 3.84. The molecule has 0 spiro atoms. The van der Waals surface area contributed by atoms with Gasteiger partial charge >= 0.3 is 0 Å². The average Bonchev–Trinajstić information content (AvgIpc) is 2.24. The summed E-state index contributed by atoms with van der Waals surface area (Å²) in [7, 11) is -1.35. The molecule has 0 saturated carbocycles. The lowest BCUT2D eigenvalue weighted by Gasteiger charge is -2.21. The molecule has 0 aliphatic rings. The molecule has 0 N–H and O–H groups in total. The van der Waals surface area contributed by atoms with Gasteiger partial charge in [0.25, 0.3) is 0 Å². The minimum absolute atomic E-state index is 0.297. The fourth-order valence-electron chi connectivity index (χ4n) is 1.52. The molecule has 1 aromatic heterocycles. The summed E-state index contributed by atoms with van der Waals surface area (Å²) >= 11 is 0. The largest absolute Gasteiger partial charge is 0.359 e. The molecule has 0 aliphatic carbocycles. The van der Waals surface area contributed by atoms with Gasteiger partial charge in [-0.2, -0.15) is 0 Å². The number of hydrogen-bond donors (Lipinski definition) is 0. The zero-order valence-electron chi connectivity index (χ0n) is 10.8. The molecule has 96 valence electrons. The van der Waals surface area contributed by atoms with E-state index in [1.54, 1.807) is 18.3 Å². The van der Waals surface area contributed by atoms with Gasteiger partial charge in [-0.3, -0.25) is 0 Å². The maximum atomic E-state index is 11.6. The number of anilines is 1. The maximum Gasteiger partial charge on any atom is 0.179 e. The highest BCUT2D eigenvalue weighted by Gasteiger charge is 2.16. The Morgan fingerprint density at radius 2 is 2.06 bits per heavy atom. The Balaban J connectivity index is 2.98. The molecule has 1 aromatic rings. The van der Waals surface area contributed by atoms with E-state index in [-0.39, 0.29) is 0 Å². The third-order valence-electron chi connectivity index (χ3n) is 2.55. The highest BCUT2D eigenvalue weighted by molar-refractivity contribution is 7.90. The van der Waals surface area contributed by atoms with Gasteiger partial charge in [-0.25, -0.2) is 13.4 Å². The van der Waals surface area contributed by atoms with Crippen LogP contribution in [0, 0.1) is 5.92 Å². The first-order valence-corrected chi connectivity index (χ1v) is 7.57. The molecular weight excluding hydrogens is 236 g/mol. The zero-order valence-corrected chi connectivity index (χ0v) is 11.7. The van der Waals surface area contributed by atoms with E-state index >= 15 is 0 Å². The minimum atomic E-state index is -3.22. The molecule has 0 amide bonds.